The molecule has 3 nitrogen and oxygen atoms in total. The molecule has 0 amide bonds. The van der Waals surface area contributed by atoms with Gasteiger partial charge in [-0.2, -0.15) is 0 Å². The van der Waals surface area contributed by atoms with Gasteiger partial charge in [-0.05, 0) is 43.5 Å². The summed E-state index contributed by atoms with van der Waals surface area (Å²) in [5.74, 6) is 1.05. The zero-order chi connectivity index (χ0) is 11.7. The summed E-state index contributed by atoms with van der Waals surface area (Å²) in [7, 11) is 1.59. The molecule has 0 atom stereocenters. The number of hydrogen-bond acceptors (Lipinski definition) is 3. The summed E-state index contributed by atoms with van der Waals surface area (Å²) in [6.07, 6.45) is 3.19. The second-order valence-corrected chi connectivity index (χ2v) is 3.90. The molecule has 0 spiro atoms. The van der Waals surface area contributed by atoms with Crippen LogP contribution < -0.4 is 4.74 Å². The number of carbonyl (C=O) groups excluding carboxylic acids is 1. The third-order valence-electron chi connectivity index (χ3n) is 2.93. The van der Waals surface area contributed by atoms with Crippen molar-refractivity contribution < 1.29 is 14.6 Å². The van der Waals surface area contributed by atoms with E-state index in [4.69, 9.17) is 4.74 Å². The fourth-order valence-corrected chi connectivity index (χ4v) is 2.01. The number of phenols is 1. The number of allylic oxidation sites excluding steroid dienone is 1. The highest BCUT2D eigenvalue weighted by atomic mass is 16.5. The molecule has 16 heavy (non-hydrogen) atoms. The fraction of sp³-hybridized carbons (Fsp3) is 0.308. The first-order chi connectivity index (χ1) is 7.63. The first kappa shape index (κ1) is 10.7. The van der Waals surface area contributed by atoms with Gasteiger partial charge in [0.2, 0.25) is 0 Å². The van der Waals surface area contributed by atoms with Crippen LogP contribution in [0, 0.1) is 0 Å². The molecule has 0 aromatic heterocycles. The monoisotopic (exact) mass is 218 g/mol. The number of phenolic OH excluding ortho intramolecular Hbond substituents is 1. The number of rotatable bonds is 2. The van der Waals surface area contributed by atoms with Crippen molar-refractivity contribution in [1.82, 2.24) is 0 Å². The molecule has 84 valence electrons. The smallest absolute Gasteiger partial charge is 0.155 e. The molecular formula is C13H14O3. The minimum Gasteiger partial charge on any atom is -0.508 e. The highest BCUT2D eigenvalue weighted by Gasteiger charge is 2.19. The lowest BCUT2D eigenvalue weighted by Gasteiger charge is -2.18. The van der Waals surface area contributed by atoms with Gasteiger partial charge in [0.05, 0.1) is 7.11 Å². The topological polar surface area (TPSA) is 46.5 Å². The molecule has 0 saturated heterocycles. The van der Waals surface area contributed by atoms with E-state index in [-0.39, 0.29) is 11.5 Å². The van der Waals surface area contributed by atoms with Crippen LogP contribution in [0.25, 0.3) is 6.08 Å². The molecule has 3 heteroatoms. The van der Waals surface area contributed by atoms with E-state index in [9.17, 15) is 9.90 Å². The average molecular weight is 218 g/mol. The number of aromatic hydroxyl groups is 1. The van der Waals surface area contributed by atoms with Crippen molar-refractivity contribution in [2.24, 2.45) is 0 Å². The molecule has 0 heterocycles. The van der Waals surface area contributed by atoms with Gasteiger partial charge in [0.1, 0.15) is 11.5 Å². The lowest BCUT2D eigenvalue weighted by atomic mass is 9.89. The Labute approximate surface area is 94.4 Å². The molecule has 1 aromatic carbocycles. The molecule has 1 N–H and O–H groups in total. The Balaban J connectivity index is 2.59. The molecule has 1 aliphatic rings. The number of methoxy groups -OCH3 is 1. The predicted molar refractivity (Wildman–Crippen MR) is 61.6 cm³/mol. The molecular weight excluding hydrogens is 204 g/mol. The number of ketones is 1. The van der Waals surface area contributed by atoms with Gasteiger partial charge in [-0.1, -0.05) is 0 Å². The van der Waals surface area contributed by atoms with Crippen LogP contribution in [-0.2, 0) is 11.2 Å². The SMILES string of the molecule is COc1ccc(O)c2c1C=C(C(C)=O)CC2. The Bertz CT molecular complexity index is 472. The third kappa shape index (κ3) is 1.69. The summed E-state index contributed by atoms with van der Waals surface area (Å²) >= 11 is 0. The first-order valence-corrected chi connectivity index (χ1v) is 5.24. The predicted octanol–water partition coefficient (Wildman–Crippen LogP) is 2.32. The maximum atomic E-state index is 11.3. The van der Waals surface area contributed by atoms with Gasteiger partial charge in [0, 0.05) is 11.1 Å². The minimum atomic E-state index is 0.0797. The minimum absolute atomic E-state index is 0.0797. The summed E-state index contributed by atoms with van der Waals surface area (Å²) in [6.45, 7) is 1.56. The van der Waals surface area contributed by atoms with Crippen LogP contribution >= 0.6 is 0 Å². The largest absolute Gasteiger partial charge is 0.508 e. The number of hydrogen-bond donors (Lipinski definition) is 1. The standard InChI is InChI=1S/C13H14O3/c1-8(14)9-3-4-10-11(7-9)13(16-2)6-5-12(10)15/h5-7,15H,3-4H2,1-2H3. The Hall–Kier alpha value is -1.77. The van der Waals surface area contributed by atoms with E-state index in [1.807, 2.05) is 6.08 Å². The average Bonchev–Trinajstić information content (AvgIpc) is 2.29. The highest BCUT2D eigenvalue weighted by molar-refractivity contribution is 5.99. The van der Waals surface area contributed by atoms with E-state index in [0.29, 0.717) is 18.6 Å². The van der Waals surface area contributed by atoms with Crippen LogP contribution in [0.5, 0.6) is 11.5 Å². The molecule has 0 aliphatic heterocycles. The number of benzene rings is 1. The van der Waals surface area contributed by atoms with Crippen LogP contribution in [0.1, 0.15) is 24.5 Å². The first-order valence-electron chi connectivity index (χ1n) is 5.24. The van der Waals surface area contributed by atoms with E-state index in [1.165, 1.54) is 0 Å². The second-order valence-electron chi connectivity index (χ2n) is 3.90. The van der Waals surface area contributed by atoms with Crippen molar-refractivity contribution in [2.45, 2.75) is 19.8 Å². The van der Waals surface area contributed by atoms with Gasteiger partial charge >= 0.3 is 0 Å². The van der Waals surface area contributed by atoms with Gasteiger partial charge in [0.25, 0.3) is 0 Å². The Morgan fingerprint density at radius 1 is 1.38 bits per heavy atom. The normalized spacial score (nSPS) is 14.0. The van der Waals surface area contributed by atoms with Crippen LogP contribution in [0.3, 0.4) is 0 Å². The van der Waals surface area contributed by atoms with E-state index >= 15 is 0 Å². The van der Waals surface area contributed by atoms with Gasteiger partial charge in [-0.25, -0.2) is 0 Å². The molecule has 0 fully saturated rings. The van der Waals surface area contributed by atoms with E-state index < -0.39 is 0 Å². The van der Waals surface area contributed by atoms with Crippen molar-refractivity contribution in [2.75, 3.05) is 7.11 Å². The van der Waals surface area contributed by atoms with Crippen LogP contribution in [-0.4, -0.2) is 18.0 Å². The zero-order valence-electron chi connectivity index (χ0n) is 9.41. The molecule has 0 saturated carbocycles. The van der Waals surface area contributed by atoms with E-state index in [2.05, 4.69) is 0 Å². The maximum Gasteiger partial charge on any atom is 0.155 e. The van der Waals surface area contributed by atoms with Crippen molar-refractivity contribution in [3.63, 3.8) is 0 Å². The third-order valence-corrected chi connectivity index (χ3v) is 2.93. The highest BCUT2D eigenvalue weighted by Crippen LogP contribution is 2.36. The van der Waals surface area contributed by atoms with Gasteiger partial charge < -0.3 is 9.84 Å². The lowest BCUT2D eigenvalue weighted by Crippen LogP contribution is -2.06. The number of carbonyl (C=O) groups is 1. The molecule has 1 aromatic rings. The zero-order valence-corrected chi connectivity index (χ0v) is 9.41. The molecule has 0 bridgehead atoms. The molecule has 2 rings (SSSR count). The van der Waals surface area contributed by atoms with Gasteiger partial charge in [-0.15, -0.1) is 0 Å². The van der Waals surface area contributed by atoms with Gasteiger partial charge in [-0.3, -0.25) is 4.79 Å². The van der Waals surface area contributed by atoms with E-state index in [0.717, 1.165) is 16.7 Å². The summed E-state index contributed by atoms with van der Waals surface area (Å²) in [6, 6.07) is 3.35. The van der Waals surface area contributed by atoms with Gasteiger partial charge in [0.15, 0.2) is 5.78 Å². The quantitative estimate of drug-likeness (QED) is 0.828. The van der Waals surface area contributed by atoms with Crippen LogP contribution in [0.4, 0.5) is 0 Å². The summed E-state index contributed by atoms with van der Waals surface area (Å²) < 4.78 is 5.23. The summed E-state index contributed by atoms with van der Waals surface area (Å²) in [4.78, 5) is 11.3. The number of fused-ring (bicyclic) bond motifs is 1. The van der Waals surface area contributed by atoms with Crippen LogP contribution in [0.15, 0.2) is 17.7 Å². The molecule has 1 aliphatic carbocycles. The molecule has 0 radical (unpaired) electrons. The Morgan fingerprint density at radius 2 is 2.12 bits per heavy atom. The Morgan fingerprint density at radius 3 is 2.75 bits per heavy atom. The summed E-state index contributed by atoms with van der Waals surface area (Å²) in [5, 5.41) is 9.73. The van der Waals surface area contributed by atoms with Crippen molar-refractivity contribution in [3.8, 4) is 11.5 Å². The van der Waals surface area contributed by atoms with E-state index in [1.54, 1.807) is 26.2 Å². The van der Waals surface area contributed by atoms with Crippen molar-refractivity contribution in [3.05, 3.63) is 28.8 Å². The molecule has 0 unspecified atom stereocenters. The van der Waals surface area contributed by atoms with Crippen LogP contribution in [0.2, 0.25) is 0 Å². The number of ether oxygens (including phenoxy) is 1. The van der Waals surface area contributed by atoms with Crippen molar-refractivity contribution >= 4 is 11.9 Å². The lowest BCUT2D eigenvalue weighted by molar-refractivity contribution is -0.113. The second kappa shape index (κ2) is 4.00. The van der Waals surface area contributed by atoms with Crippen molar-refractivity contribution in [1.29, 1.82) is 0 Å². The number of Topliss-reactive ketones (excluding diaryl/α,β-unsaturated/α-hetero) is 1. The Kier molecular flexibility index (Phi) is 2.69. The maximum absolute atomic E-state index is 11.3. The fourth-order valence-electron chi connectivity index (χ4n) is 2.01. The summed E-state index contributed by atoms with van der Waals surface area (Å²) in [5.41, 5.74) is 2.49.